The third-order valence-corrected chi connectivity index (χ3v) is 3.46. The maximum Gasteiger partial charge on any atom is 0.293 e. The first-order chi connectivity index (χ1) is 10.5. The lowest BCUT2D eigenvalue weighted by atomic mass is 10.1. The van der Waals surface area contributed by atoms with Crippen molar-refractivity contribution in [3.8, 4) is 6.07 Å². The molecule has 1 aliphatic heterocycles. The predicted molar refractivity (Wildman–Crippen MR) is 86.5 cm³/mol. The molecule has 0 aliphatic carbocycles. The van der Waals surface area contributed by atoms with Crippen LogP contribution >= 0.6 is 12.2 Å². The van der Waals surface area contributed by atoms with Gasteiger partial charge in [0, 0.05) is 19.2 Å². The van der Waals surface area contributed by atoms with Crippen LogP contribution in [0.25, 0.3) is 6.08 Å². The van der Waals surface area contributed by atoms with Crippen molar-refractivity contribution in [1.82, 2.24) is 0 Å². The minimum atomic E-state index is -0.436. The first-order valence-electron chi connectivity index (χ1n) is 6.55. The van der Waals surface area contributed by atoms with Gasteiger partial charge in [-0.25, -0.2) is 0 Å². The molecule has 0 amide bonds. The van der Waals surface area contributed by atoms with E-state index in [4.69, 9.17) is 28.0 Å². The van der Waals surface area contributed by atoms with Crippen molar-refractivity contribution in [3.63, 3.8) is 0 Å². The Bertz CT molecular complexity index is 675. The smallest absolute Gasteiger partial charge is 0.293 e. The zero-order valence-corrected chi connectivity index (χ0v) is 12.5. The Morgan fingerprint density at radius 2 is 2.18 bits per heavy atom. The molecule has 1 fully saturated rings. The summed E-state index contributed by atoms with van der Waals surface area (Å²) in [4.78, 5) is 12.8. The maximum absolute atomic E-state index is 11.3. The number of anilines is 1. The summed E-state index contributed by atoms with van der Waals surface area (Å²) in [7, 11) is 0. The van der Waals surface area contributed by atoms with E-state index in [1.165, 1.54) is 12.1 Å². The van der Waals surface area contributed by atoms with E-state index in [1.54, 1.807) is 12.1 Å². The average molecular weight is 318 g/mol. The van der Waals surface area contributed by atoms with Crippen molar-refractivity contribution in [2.24, 2.45) is 5.73 Å². The lowest BCUT2D eigenvalue weighted by Crippen LogP contribution is -2.36. The molecular formula is C14H14N4O3S. The van der Waals surface area contributed by atoms with Crippen molar-refractivity contribution in [1.29, 1.82) is 5.26 Å². The molecule has 0 bridgehead atoms. The SMILES string of the molecule is N#C/C(=C/c1ccc(N2CCOCC2)c([N+](=O)[O-])c1)C(N)=S. The second kappa shape index (κ2) is 6.98. The summed E-state index contributed by atoms with van der Waals surface area (Å²) in [6.07, 6.45) is 1.44. The molecule has 7 nitrogen and oxygen atoms in total. The van der Waals surface area contributed by atoms with E-state index in [9.17, 15) is 10.1 Å². The number of nitro benzene ring substituents is 1. The summed E-state index contributed by atoms with van der Waals surface area (Å²) in [5.41, 5.74) is 6.57. The van der Waals surface area contributed by atoms with Gasteiger partial charge >= 0.3 is 0 Å². The number of morpholine rings is 1. The second-order valence-corrected chi connectivity index (χ2v) is 5.08. The van der Waals surface area contributed by atoms with Crippen LogP contribution in [-0.4, -0.2) is 36.2 Å². The molecule has 8 heteroatoms. The van der Waals surface area contributed by atoms with Crippen molar-refractivity contribution in [3.05, 3.63) is 39.4 Å². The Labute approximate surface area is 132 Å². The molecule has 1 saturated heterocycles. The maximum atomic E-state index is 11.3. The summed E-state index contributed by atoms with van der Waals surface area (Å²) in [5, 5.41) is 20.3. The van der Waals surface area contributed by atoms with Gasteiger partial charge in [0.2, 0.25) is 0 Å². The first-order valence-corrected chi connectivity index (χ1v) is 6.96. The standard InChI is InChI=1S/C14H14N4O3S/c15-9-11(14(16)22)7-10-1-2-12(13(8-10)18(19)20)17-3-5-21-6-4-17/h1-2,7-8H,3-6H2,(H2,16,22)/b11-7-. The summed E-state index contributed by atoms with van der Waals surface area (Å²) < 4.78 is 5.25. The number of hydrogen-bond donors (Lipinski definition) is 1. The number of ether oxygens (including phenoxy) is 1. The highest BCUT2D eigenvalue weighted by molar-refractivity contribution is 7.80. The minimum absolute atomic E-state index is 0.0177. The van der Waals surface area contributed by atoms with Gasteiger partial charge in [0.25, 0.3) is 5.69 Å². The molecule has 2 rings (SSSR count). The van der Waals surface area contributed by atoms with Crippen molar-refractivity contribution in [2.45, 2.75) is 0 Å². The molecule has 0 spiro atoms. The number of hydrogen-bond acceptors (Lipinski definition) is 6. The van der Waals surface area contributed by atoms with E-state index < -0.39 is 4.92 Å². The molecule has 0 unspecified atom stereocenters. The van der Waals surface area contributed by atoms with Crippen LogP contribution < -0.4 is 10.6 Å². The van der Waals surface area contributed by atoms with Gasteiger partial charge in [-0.15, -0.1) is 0 Å². The Hall–Kier alpha value is -2.50. The lowest BCUT2D eigenvalue weighted by Gasteiger charge is -2.28. The number of nitrogens with zero attached hydrogens (tertiary/aromatic N) is 3. The quantitative estimate of drug-likeness (QED) is 0.296. The van der Waals surface area contributed by atoms with Crippen LogP contribution in [-0.2, 0) is 4.74 Å². The van der Waals surface area contributed by atoms with Gasteiger partial charge in [-0.3, -0.25) is 10.1 Å². The Kier molecular flexibility index (Phi) is 5.04. The predicted octanol–water partition coefficient (Wildman–Crippen LogP) is 1.62. The molecule has 1 aromatic carbocycles. The van der Waals surface area contributed by atoms with Crippen LogP contribution in [0.2, 0.25) is 0 Å². The fraction of sp³-hybridized carbons (Fsp3) is 0.286. The monoisotopic (exact) mass is 318 g/mol. The van der Waals surface area contributed by atoms with Gasteiger partial charge in [0.15, 0.2) is 0 Å². The first kappa shape index (κ1) is 15.9. The number of thiocarbonyl (C=S) groups is 1. The van der Waals surface area contributed by atoms with Gasteiger partial charge in [0.1, 0.15) is 16.7 Å². The molecule has 0 atom stereocenters. The van der Waals surface area contributed by atoms with E-state index in [2.05, 4.69) is 0 Å². The average Bonchev–Trinajstić information content (AvgIpc) is 2.52. The molecule has 114 valence electrons. The second-order valence-electron chi connectivity index (χ2n) is 4.64. The van der Waals surface area contributed by atoms with Crippen LogP contribution in [0.15, 0.2) is 23.8 Å². The summed E-state index contributed by atoms with van der Waals surface area (Å²) >= 11 is 4.76. The van der Waals surface area contributed by atoms with E-state index >= 15 is 0 Å². The fourth-order valence-electron chi connectivity index (χ4n) is 2.17. The number of nitriles is 1. The number of nitrogens with two attached hydrogens (primary N) is 1. The number of nitro groups is 1. The molecule has 0 saturated carbocycles. The molecular weight excluding hydrogens is 304 g/mol. The van der Waals surface area contributed by atoms with Gasteiger partial charge in [-0.2, -0.15) is 5.26 Å². The zero-order valence-electron chi connectivity index (χ0n) is 11.7. The highest BCUT2D eigenvalue weighted by Gasteiger charge is 2.21. The summed E-state index contributed by atoms with van der Waals surface area (Å²) in [6, 6.07) is 6.66. The van der Waals surface area contributed by atoms with Crippen molar-refractivity contribution in [2.75, 3.05) is 31.2 Å². The Balaban J connectivity index is 2.41. The number of benzene rings is 1. The van der Waals surface area contributed by atoms with Crippen molar-refractivity contribution < 1.29 is 9.66 Å². The van der Waals surface area contributed by atoms with Gasteiger partial charge < -0.3 is 15.4 Å². The minimum Gasteiger partial charge on any atom is -0.389 e. The molecule has 22 heavy (non-hydrogen) atoms. The van der Waals surface area contributed by atoms with Crippen LogP contribution in [0.5, 0.6) is 0 Å². The summed E-state index contributed by atoms with van der Waals surface area (Å²) in [5.74, 6) is 0. The number of rotatable bonds is 4. The molecule has 0 radical (unpaired) electrons. The largest absolute Gasteiger partial charge is 0.389 e. The normalized spacial score (nSPS) is 15.2. The molecule has 1 aliphatic rings. The van der Waals surface area contributed by atoms with Gasteiger partial charge in [-0.05, 0) is 17.7 Å². The molecule has 2 N–H and O–H groups in total. The Morgan fingerprint density at radius 3 is 2.73 bits per heavy atom. The highest BCUT2D eigenvalue weighted by atomic mass is 32.1. The van der Waals surface area contributed by atoms with Crippen molar-refractivity contribution >= 4 is 34.7 Å². The third kappa shape index (κ3) is 3.58. The van der Waals surface area contributed by atoms with Gasteiger partial charge in [-0.1, -0.05) is 18.3 Å². The summed E-state index contributed by atoms with van der Waals surface area (Å²) in [6.45, 7) is 2.29. The molecule has 1 aromatic rings. The molecule has 1 heterocycles. The fourth-order valence-corrected chi connectivity index (χ4v) is 2.28. The van der Waals surface area contributed by atoms with Crippen LogP contribution in [0, 0.1) is 21.4 Å². The van der Waals surface area contributed by atoms with E-state index in [0.29, 0.717) is 37.6 Å². The van der Waals surface area contributed by atoms with Crippen LogP contribution in [0.1, 0.15) is 5.56 Å². The van der Waals surface area contributed by atoms with Crippen LogP contribution in [0.3, 0.4) is 0 Å². The third-order valence-electron chi connectivity index (χ3n) is 3.24. The van der Waals surface area contributed by atoms with Gasteiger partial charge in [0.05, 0.1) is 23.7 Å². The lowest BCUT2D eigenvalue weighted by molar-refractivity contribution is -0.384. The Morgan fingerprint density at radius 1 is 1.50 bits per heavy atom. The van der Waals surface area contributed by atoms with E-state index in [0.717, 1.165) is 0 Å². The zero-order chi connectivity index (χ0) is 16.1. The highest BCUT2D eigenvalue weighted by Crippen LogP contribution is 2.30. The van der Waals surface area contributed by atoms with E-state index in [1.807, 2.05) is 11.0 Å². The van der Waals surface area contributed by atoms with E-state index in [-0.39, 0.29) is 16.2 Å². The van der Waals surface area contributed by atoms with Crippen LogP contribution in [0.4, 0.5) is 11.4 Å². The topological polar surface area (TPSA) is 105 Å². The molecule has 0 aromatic heterocycles.